The third kappa shape index (κ3) is 3.80. The molecule has 5 heteroatoms. The lowest BCUT2D eigenvalue weighted by molar-refractivity contribution is 0.170. The molecule has 0 amide bonds. The fourth-order valence-corrected chi connectivity index (χ4v) is 3.93. The molecule has 18 heavy (non-hydrogen) atoms. The Balaban J connectivity index is 1.85. The molecule has 0 aliphatic carbocycles. The Morgan fingerprint density at radius 2 is 2.06 bits per heavy atom. The average molecular weight is 269 g/mol. The minimum Gasteiger partial charge on any atom is -0.387 e. The van der Waals surface area contributed by atoms with Gasteiger partial charge in [-0.25, -0.2) is 8.42 Å². The van der Waals surface area contributed by atoms with Gasteiger partial charge in [0, 0.05) is 12.6 Å². The molecule has 1 aliphatic rings. The lowest BCUT2D eigenvalue weighted by Gasteiger charge is -2.24. The number of rotatable bonds is 4. The first-order chi connectivity index (χ1) is 8.57. The summed E-state index contributed by atoms with van der Waals surface area (Å²) >= 11 is 0. The fourth-order valence-electron chi connectivity index (χ4n) is 2.26. The SMILES string of the molecule is O=S1(=O)CCCC(NCC(O)c2ccccc2)C1. The second kappa shape index (κ2) is 5.82. The first-order valence-corrected chi connectivity index (χ1v) is 8.06. The molecule has 2 atom stereocenters. The Morgan fingerprint density at radius 3 is 2.72 bits per heavy atom. The maximum Gasteiger partial charge on any atom is 0.151 e. The van der Waals surface area contributed by atoms with E-state index in [0.717, 1.165) is 12.0 Å². The first kappa shape index (κ1) is 13.5. The van der Waals surface area contributed by atoms with Gasteiger partial charge < -0.3 is 10.4 Å². The highest BCUT2D eigenvalue weighted by Crippen LogP contribution is 2.14. The highest BCUT2D eigenvalue weighted by atomic mass is 32.2. The van der Waals surface area contributed by atoms with Gasteiger partial charge in [-0.2, -0.15) is 0 Å². The van der Waals surface area contributed by atoms with Crippen LogP contribution in [0.5, 0.6) is 0 Å². The van der Waals surface area contributed by atoms with Crippen molar-refractivity contribution < 1.29 is 13.5 Å². The summed E-state index contributed by atoms with van der Waals surface area (Å²) in [5.74, 6) is 0.487. The highest BCUT2D eigenvalue weighted by Gasteiger charge is 2.24. The van der Waals surface area contributed by atoms with Crippen molar-refractivity contribution in [2.45, 2.75) is 25.0 Å². The monoisotopic (exact) mass is 269 g/mol. The van der Waals surface area contributed by atoms with E-state index in [4.69, 9.17) is 0 Å². The van der Waals surface area contributed by atoms with Gasteiger partial charge in [0.05, 0.1) is 17.6 Å². The molecule has 2 unspecified atom stereocenters. The zero-order valence-corrected chi connectivity index (χ0v) is 11.1. The first-order valence-electron chi connectivity index (χ1n) is 6.24. The van der Waals surface area contributed by atoms with Crippen LogP contribution < -0.4 is 5.32 Å². The van der Waals surface area contributed by atoms with Crippen LogP contribution in [0.2, 0.25) is 0 Å². The van der Waals surface area contributed by atoms with Crippen molar-refractivity contribution in [2.75, 3.05) is 18.1 Å². The van der Waals surface area contributed by atoms with Gasteiger partial charge in [0.1, 0.15) is 0 Å². The van der Waals surface area contributed by atoms with Gasteiger partial charge in [-0.3, -0.25) is 0 Å². The lowest BCUT2D eigenvalue weighted by Crippen LogP contribution is -2.41. The minimum atomic E-state index is -2.89. The maximum absolute atomic E-state index is 11.5. The van der Waals surface area contributed by atoms with E-state index >= 15 is 0 Å². The Bertz CT molecular complexity index is 472. The minimum absolute atomic E-state index is 0.0258. The van der Waals surface area contributed by atoms with Gasteiger partial charge in [0.2, 0.25) is 0 Å². The predicted octanol–water partition coefficient (Wildman–Crippen LogP) is 0.887. The summed E-state index contributed by atoms with van der Waals surface area (Å²) in [7, 11) is -2.89. The quantitative estimate of drug-likeness (QED) is 0.852. The van der Waals surface area contributed by atoms with E-state index in [1.54, 1.807) is 0 Å². The second-order valence-electron chi connectivity index (χ2n) is 4.79. The van der Waals surface area contributed by atoms with E-state index < -0.39 is 15.9 Å². The van der Waals surface area contributed by atoms with Crippen LogP contribution in [-0.4, -0.2) is 37.6 Å². The third-order valence-corrected chi connectivity index (χ3v) is 5.07. The van der Waals surface area contributed by atoms with Crippen LogP contribution in [0.4, 0.5) is 0 Å². The van der Waals surface area contributed by atoms with Gasteiger partial charge in [-0.15, -0.1) is 0 Å². The number of hydrogen-bond donors (Lipinski definition) is 2. The molecule has 1 aromatic carbocycles. The van der Waals surface area contributed by atoms with Crippen molar-refractivity contribution in [3.8, 4) is 0 Å². The van der Waals surface area contributed by atoms with Crippen molar-refractivity contribution >= 4 is 9.84 Å². The molecule has 4 nitrogen and oxygen atoms in total. The van der Waals surface area contributed by atoms with Gasteiger partial charge >= 0.3 is 0 Å². The van der Waals surface area contributed by atoms with Crippen molar-refractivity contribution in [3.63, 3.8) is 0 Å². The number of benzene rings is 1. The molecule has 0 bridgehead atoms. The molecule has 1 aliphatic heterocycles. The summed E-state index contributed by atoms with van der Waals surface area (Å²) in [6.45, 7) is 0.393. The van der Waals surface area contributed by atoms with E-state index in [0.29, 0.717) is 18.7 Å². The average Bonchev–Trinajstić information content (AvgIpc) is 2.36. The van der Waals surface area contributed by atoms with E-state index in [-0.39, 0.29) is 11.8 Å². The number of aliphatic hydroxyl groups excluding tert-OH is 1. The van der Waals surface area contributed by atoms with E-state index in [9.17, 15) is 13.5 Å². The van der Waals surface area contributed by atoms with Crippen LogP contribution in [0.25, 0.3) is 0 Å². The number of hydrogen-bond acceptors (Lipinski definition) is 4. The lowest BCUT2D eigenvalue weighted by atomic mass is 10.1. The summed E-state index contributed by atoms with van der Waals surface area (Å²) in [6.07, 6.45) is 0.984. The van der Waals surface area contributed by atoms with Gasteiger partial charge in [0.15, 0.2) is 9.84 Å². The van der Waals surface area contributed by atoms with Crippen LogP contribution >= 0.6 is 0 Å². The maximum atomic E-state index is 11.5. The molecule has 2 rings (SSSR count). The Labute approximate surface area is 108 Å². The van der Waals surface area contributed by atoms with Gasteiger partial charge in [0.25, 0.3) is 0 Å². The fraction of sp³-hybridized carbons (Fsp3) is 0.538. The summed E-state index contributed by atoms with van der Waals surface area (Å²) in [4.78, 5) is 0. The van der Waals surface area contributed by atoms with Crippen LogP contribution in [0, 0.1) is 0 Å². The van der Waals surface area contributed by atoms with E-state index in [1.807, 2.05) is 30.3 Å². The smallest absolute Gasteiger partial charge is 0.151 e. The van der Waals surface area contributed by atoms with E-state index in [2.05, 4.69) is 5.32 Å². The van der Waals surface area contributed by atoms with Crippen molar-refractivity contribution in [1.82, 2.24) is 5.32 Å². The van der Waals surface area contributed by atoms with Gasteiger partial charge in [-0.05, 0) is 18.4 Å². The van der Waals surface area contributed by atoms with E-state index in [1.165, 1.54) is 0 Å². The molecule has 0 spiro atoms. The molecule has 1 saturated heterocycles. The van der Waals surface area contributed by atoms with Crippen LogP contribution in [0.15, 0.2) is 30.3 Å². The molecule has 1 heterocycles. The number of aliphatic hydroxyl groups is 1. The molecule has 1 aromatic rings. The van der Waals surface area contributed by atoms with Crippen molar-refractivity contribution in [3.05, 3.63) is 35.9 Å². The zero-order chi connectivity index (χ0) is 13.0. The Hall–Kier alpha value is -0.910. The molecular formula is C13H19NO3S. The Morgan fingerprint density at radius 1 is 1.33 bits per heavy atom. The molecule has 0 radical (unpaired) electrons. The summed E-state index contributed by atoms with van der Waals surface area (Å²) in [5.41, 5.74) is 0.851. The highest BCUT2D eigenvalue weighted by molar-refractivity contribution is 7.91. The predicted molar refractivity (Wildman–Crippen MR) is 71.1 cm³/mol. The topological polar surface area (TPSA) is 66.4 Å². The molecule has 1 fully saturated rings. The number of sulfone groups is 1. The van der Waals surface area contributed by atoms with Crippen molar-refractivity contribution in [2.24, 2.45) is 0 Å². The Kier molecular flexibility index (Phi) is 4.37. The summed E-state index contributed by atoms with van der Waals surface area (Å²) < 4.78 is 22.9. The largest absolute Gasteiger partial charge is 0.387 e. The number of nitrogens with one attached hydrogen (secondary N) is 1. The molecule has 0 saturated carbocycles. The second-order valence-corrected chi connectivity index (χ2v) is 7.02. The normalized spacial score (nSPS) is 24.6. The summed E-state index contributed by atoms with van der Waals surface area (Å²) in [6, 6.07) is 9.36. The van der Waals surface area contributed by atoms with Crippen LogP contribution in [0.3, 0.4) is 0 Å². The van der Waals surface area contributed by atoms with Crippen LogP contribution in [-0.2, 0) is 9.84 Å². The zero-order valence-electron chi connectivity index (χ0n) is 10.2. The molecule has 2 N–H and O–H groups in total. The third-order valence-electron chi connectivity index (χ3n) is 3.25. The standard InChI is InChI=1S/C13H19NO3S/c15-13(11-5-2-1-3-6-11)9-14-12-7-4-8-18(16,17)10-12/h1-3,5-6,12-15H,4,7-10H2. The molecule has 0 aromatic heterocycles. The molecule has 100 valence electrons. The van der Waals surface area contributed by atoms with Crippen LogP contribution in [0.1, 0.15) is 24.5 Å². The van der Waals surface area contributed by atoms with Crippen molar-refractivity contribution in [1.29, 1.82) is 0 Å². The van der Waals surface area contributed by atoms with Gasteiger partial charge in [-0.1, -0.05) is 30.3 Å². The molecular weight excluding hydrogens is 250 g/mol. The summed E-state index contributed by atoms with van der Waals surface area (Å²) in [5, 5.41) is 13.1.